The van der Waals surface area contributed by atoms with Crippen molar-refractivity contribution in [3.8, 4) is 0 Å². The molecule has 3 N–H and O–H groups in total. The van der Waals surface area contributed by atoms with Gasteiger partial charge in [0.25, 0.3) is 0 Å². The zero-order chi connectivity index (χ0) is 18.4. The van der Waals surface area contributed by atoms with Crippen LogP contribution < -0.4 is 10.6 Å². The first-order valence-corrected chi connectivity index (χ1v) is 9.89. The molecular weight excluding hydrogens is 449 g/mol. The molecule has 5 nitrogen and oxygen atoms in total. The van der Waals surface area contributed by atoms with Gasteiger partial charge in [0.05, 0.1) is 0 Å². The minimum atomic E-state index is 0. The Bertz CT molecular complexity index is 733. The average Bonchev–Trinajstić information content (AvgIpc) is 3.27. The second kappa shape index (κ2) is 10.9. The highest BCUT2D eigenvalue weighted by molar-refractivity contribution is 14.0. The molecule has 1 aromatic carbocycles. The lowest BCUT2D eigenvalue weighted by Crippen LogP contribution is -2.42. The lowest BCUT2D eigenvalue weighted by molar-refractivity contribution is 0.287. The largest absolute Gasteiger partial charge is 0.361 e. The van der Waals surface area contributed by atoms with Gasteiger partial charge in [-0.05, 0) is 62.4 Å². The van der Waals surface area contributed by atoms with Crippen LogP contribution in [0.2, 0.25) is 0 Å². The summed E-state index contributed by atoms with van der Waals surface area (Å²) in [6.45, 7) is 9.99. The van der Waals surface area contributed by atoms with E-state index in [9.17, 15) is 0 Å². The van der Waals surface area contributed by atoms with E-state index in [-0.39, 0.29) is 24.0 Å². The van der Waals surface area contributed by atoms with Gasteiger partial charge >= 0.3 is 0 Å². The highest BCUT2D eigenvalue weighted by Crippen LogP contribution is 2.19. The van der Waals surface area contributed by atoms with Crippen LogP contribution in [0.15, 0.2) is 29.4 Å². The van der Waals surface area contributed by atoms with Crippen LogP contribution >= 0.6 is 24.0 Å². The molecule has 0 radical (unpaired) electrons. The maximum absolute atomic E-state index is 4.36. The van der Waals surface area contributed by atoms with Gasteiger partial charge in [0.2, 0.25) is 0 Å². The Labute approximate surface area is 180 Å². The number of guanidine groups is 1. The number of nitrogens with one attached hydrogen (secondary N) is 3. The summed E-state index contributed by atoms with van der Waals surface area (Å²) in [5, 5.41) is 8.24. The van der Waals surface area contributed by atoms with Crippen LogP contribution in [0, 0.1) is 12.8 Å². The molecule has 0 spiro atoms. The van der Waals surface area contributed by atoms with Crippen molar-refractivity contribution < 1.29 is 0 Å². The number of hydrogen-bond acceptors (Lipinski definition) is 2. The fourth-order valence-electron chi connectivity index (χ4n) is 3.78. The summed E-state index contributed by atoms with van der Waals surface area (Å²) in [6.07, 6.45) is 5.82. The third-order valence-corrected chi connectivity index (χ3v) is 5.22. The van der Waals surface area contributed by atoms with Gasteiger partial charge in [0, 0.05) is 43.8 Å². The van der Waals surface area contributed by atoms with Gasteiger partial charge in [-0.1, -0.05) is 19.1 Å². The number of aryl methyl sites for hydroxylation is 1. The molecule has 1 fully saturated rings. The molecule has 150 valence electrons. The van der Waals surface area contributed by atoms with Crippen molar-refractivity contribution in [2.75, 3.05) is 39.8 Å². The number of hydrogen-bond donors (Lipinski definition) is 3. The summed E-state index contributed by atoms with van der Waals surface area (Å²) in [5.41, 5.74) is 3.86. The number of rotatable bonds is 7. The van der Waals surface area contributed by atoms with Gasteiger partial charge in [-0.3, -0.25) is 4.99 Å². The maximum Gasteiger partial charge on any atom is 0.190 e. The fraction of sp³-hybridized carbons (Fsp3) is 0.571. The van der Waals surface area contributed by atoms with Crippen molar-refractivity contribution in [1.82, 2.24) is 20.5 Å². The van der Waals surface area contributed by atoms with Crippen molar-refractivity contribution in [2.24, 2.45) is 10.9 Å². The lowest BCUT2D eigenvalue weighted by Gasteiger charge is -2.21. The Hall–Kier alpha value is -1.28. The van der Waals surface area contributed by atoms with Crippen molar-refractivity contribution in [3.05, 3.63) is 35.5 Å². The van der Waals surface area contributed by atoms with E-state index in [0.29, 0.717) is 5.92 Å². The van der Waals surface area contributed by atoms with Gasteiger partial charge in [-0.2, -0.15) is 0 Å². The van der Waals surface area contributed by atoms with Crippen LogP contribution in [0.4, 0.5) is 0 Å². The molecule has 0 bridgehead atoms. The average molecular weight is 483 g/mol. The van der Waals surface area contributed by atoms with E-state index in [0.717, 1.165) is 25.5 Å². The minimum absolute atomic E-state index is 0. The van der Waals surface area contributed by atoms with Crippen LogP contribution in [0.5, 0.6) is 0 Å². The topological polar surface area (TPSA) is 55.5 Å². The zero-order valence-corrected chi connectivity index (χ0v) is 19.2. The van der Waals surface area contributed by atoms with Crippen LogP contribution in [-0.2, 0) is 6.42 Å². The molecule has 6 heteroatoms. The van der Waals surface area contributed by atoms with Gasteiger partial charge < -0.3 is 20.5 Å². The Kier molecular flexibility index (Phi) is 8.89. The van der Waals surface area contributed by atoms with E-state index in [1.165, 1.54) is 54.5 Å². The Morgan fingerprint density at radius 2 is 2.04 bits per heavy atom. The lowest BCUT2D eigenvalue weighted by atomic mass is 10.1. The van der Waals surface area contributed by atoms with Crippen molar-refractivity contribution >= 4 is 40.8 Å². The zero-order valence-electron chi connectivity index (χ0n) is 16.8. The SMILES string of the molecule is CN=C(NCCc1c[nH]c2cc(C)ccc12)NCC(C)CN1CCCC1.I. The summed E-state index contributed by atoms with van der Waals surface area (Å²) >= 11 is 0. The third kappa shape index (κ3) is 6.38. The molecule has 3 rings (SSSR count). The summed E-state index contributed by atoms with van der Waals surface area (Å²) in [6, 6.07) is 6.59. The molecule has 1 saturated heterocycles. The van der Waals surface area contributed by atoms with E-state index in [4.69, 9.17) is 0 Å². The fourth-order valence-corrected chi connectivity index (χ4v) is 3.78. The van der Waals surface area contributed by atoms with Gasteiger partial charge in [0.1, 0.15) is 0 Å². The number of fused-ring (bicyclic) bond motifs is 1. The first-order valence-electron chi connectivity index (χ1n) is 9.89. The molecule has 2 aromatic rings. The number of likely N-dealkylation sites (tertiary alicyclic amines) is 1. The summed E-state index contributed by atoms with van der Waals surface area (Å²) in [7, 11) is 1.84. The van der Waals surface area contributed by atoms with E-state index in [2.05, 4.69) is 63.8 Å². The van der Waals surface area contributed by atoms with Crippen LogP contribution in [-0.4, -0.2) is 55.6 Å². The Morgan fingerprint density at radius 3 is 2.78 bits per heavy atom. The Morgan fingerprint density at radius 1 is 1.26 bits per heavy atom. The number of aromatic amines is 1. The molecule has 1 aliphatic heterocycles. The van der Waals surface area contributed by atoms with E-state index < -0.39 is 0 Å². The predicted molar refractivity (Wildman–Crippen MR) is 126 cm³/mol. The molecular formula is C21H34IN5. The molecule has 1 atom stereocenters. The second-order valence-electron chi connectivity index (χ2n) is 7.61. The van der Waals surface area contributed by atoms with E-state index in [1.807, 2.05) is 7.05 Å². The predicted octanol–water partition coefficient (Wildman–Crippen LogP) is 3.53. The second-order valence-corrected chi connectivity index (χ2v) is 7.61. The highest BCUT2D eigenvalue weighted by atomic mass is 127. The number of aliphatic imine (C=N–C) groups is 1. The molecule has 0 amide bonds. The first-order chi connectivity index (χ1) is 12.7. The van der Waals surface area contributed by atoms with Gasteiger partial charge in [-0.15, -0.1) is 24.0 Å². The van der Waals surface area contributed by atoms with Crippen molar-refractivity contribution in [1.29, 1.82) is 0 Å². The number of benzene rings is 1. The minimum Gasteiger partial charge on any atom is -0.361 e. The standard InChI is InChI=1S/C21H33N5.HI/c1-16-6-7-19-18(14-24-20(19)12-16)8-9-23-21(22-3)25-13-17(2)15-26-10-4-5-11-26;/h6-7,12,14,17,24H,4-5,8-11,13,15H2,1-3H3,(H2,22,23,25);1H. The molecule has 2 heterocycles. The number of aromatic nitrogens is 1. The summed E-state index contributed by atoms with van der Waals surface area (Å²) in [5.74, 6) is 1.53. The quantitative estimate of drug-likeness (QED) is 0.321. The third-order valence-electron chi connectivity index (χ3n) is 5.22. The first kappa shape index (κ1) is 22.0. The van der Waals surface area contributed by atoms with Crippen LogP contribution in [0.3, 0.4) is 0 Å². The van der Waals surface area contributed by atoms with Crippen molar-refractivity contribution in [3.63, 3.8) is 0 Å². The molecule has 27 heavy (non-hydrogen) atoms. The van der Waals surface area contributed by atoms with Crippen LogP contribution in [0.1, 0.15) is 30.9 Å². The highest BCUT2D eigenvalue weighted by Gasteiger charge is 2.14. The molecule has 0 saturated carbocycles. The van der Waals surface area contributed by atoms with E-state index >= 15 is 0 Å². The molecule has 1 aliphatic rings. The number of nitrogens with zero attached hydrogens (tertiary/aromatic N) is 2. The number of H-pyrrole nitrogens is 1. The normalized spacial score (nSPS) is 16.3. The van der Waals surface area contributed by atoms with Crippen molar-refractivity contribution in [2.45, 2.75) is 33.1 Å². The van der Waals surface area contributed by atoms with Gasteiger partial charge in [-0.25, -0.2) is 0 Å². The molecule has 1 aromatic heterocycles. The molecule has 0 aliphatic carbocycles. The summed E-state index contributed by atoms with van der Waals surface area (Å²) < 4.78 is 0. The van der Waals surface area contributed by atoms with Gasteiger partial charge in [0.15, 0.2) is 5.96 Å². The smallest absolute Gasteiger partial charge is 0.190 e. The Balaban J connectivity index is 0.00000261. The maximum atomic E-state index is 4.36. The number of halogens is 1. The monoisotopic (exact) mass is 483 g/mol. The summed E-state index contributed by atoms with van der Waals surface area (Å²) in [4.78, 5) is 10.3. The van der Waals surface area contributed by atoms with E-state index in [1.54, 1.807) is 0 Å². The molecule has 1 unspecified atom stereocenters. The van der Waals surface area contributed by atoms with Crippen LogP contribution in [0.25, 0.3) is 10.9 Å².